The van der Waals surface area contributed by atoms with Gasteiger partial charge in [0.1, 0.15) is 5.82 Å². The number of alkyl halides is 3. The largest absolute Gasteiger partial charge is 0.453 e. The number of fused-ring (bicyclic) bond motifs is 1. The zero-order valence-corrected chi connectivity index (χ0v) is 13.7. The van der Waals surface area contributed by atoms with Gasteiger partial charge in [-0.15, -0.1) is 15.3 Å². The van der Waals surface area contributed by atoms with E-state index in [1.54, 1.807) is 6.07 Å². The molecular formula is C15H21F3N6. The van der Waals surface area contributed by atoms with Gasteiger partial charge >= 0.3 is 6.18 Å². The number of likely N-dealkylation sites (tertiary alicyclic amines) is 1. The number of piperidine rings is 1. The van der Waals surface area contributed by atoms with Gasteiger partial charge < -0.3 is 5.32 Å². The van der Waals surface area contributed by atoms with Crippen LogP contribution in [0.2, 0.25) is 0 Å². The van der Waals surface area contributed by atoms with E-state index in [1.807, 2.05) is 0 Å². The minimum absolute atomic E-state index is 0.0748. The maximum Gasteiger partial charge on any atom is 0.453 e. The maximum absolute atomic E-state index is 12.9. The first kappa shape index (κ1) is 16.9. The molecule has 9 heteroatoms. The Balaban J connectivity index is 1.69. The molecule has 132 valence electrons. The highest BCUT2D eigenvalue weighted by atomic mass is 19.4. The fraction of sp³-hybridized carbons (Fsp3) is 0.667. The third-order valence-corrected chi connectivity index (χ3v) is 4.41. The van der Waals surface area contributed by atoms with Crippen molar-refractivity contribution in [3.8, 4) is 0 Å². The highest BCUT2D eigenvalue weighted by Gasteiger charge is 2.37. The molecule has 24 heavy (non-hydrogen) atoms. The lowest BCUT2D eigenvalue weighted by Gasteiger charge is -2.35. The Kier molecular flexibility index (Phi) is 4.62. The van der Waals surface area contributed by atoms with E-state index in [0.29, 0.717) is 18.3 Å². The Bertz CT molecular complexity index is 698. The van der Waals surface area contributed by atoms with Crippen LogP contribution in [0.4, 0.5) is 19.0 Å². The van der Waals surface area contributed by atoms with Crippen LogP contribution >= 0.6 is 0 Å². The van der Waals surface area contributed by atoms with Crippen LogP contribution in [0.25, 0.3) is 5.65 Å². The Morgan fingerprint density at radius 2 is 2.12 bits per heavy atom. The third kappa shape index (κ3) is 3.61. The lowest BCUT2D eigenvalue weighted by Crippen LogP contribution is -2.43. The van der Waals surface area contributed by atoms with Crippen molar-refractivity contribution in [2.45, 2.75) is 38.9 Å². The molecule has 3 rings (SSSR count). The average molecular weight is 342 g/mol. The zero-order chi connectivity index (χ0) is 17.3. The number of anilines is 1. The summed E-state index contributed by atoms with van der Waals surface area (Å²) in [6, 6.07) is 3.38. The number of rotatable bonds is 4. The van der Waals surface area contributed by atoms with Crippen LogP contribution in [-0.2, 0) is 6.18 Å². The van der Waals surface area contributed by atoms with E-state index in [9.17, 15) is 13.2 Å². The number of nitrogens with zero attached hydrogens (tertiary/aromatic N) is 5. The van der Waals surface area contributed by atoms with Crippen LogP contribution in [0.1, 0.15) is 32.5 Å². The van der Waals surface area contributed by atoms with E-state index in [-0.39, 0.29) is 11.7 Å². The van der Waals surface area contributed by atoms with Crippen molar-refractivity contribution in [2.24, 2.45) is 5.92 Å². The SMILES string of the molecule is CC1CCCN(C(C)CNc2ccc3nnc(C(F)(F)F)n3n2)C1. The molecule has 1 aliphatic rings. The highest BCUT2D eigenvalue weighted by molar-refractivity contribution is 5.44. The van der Waals surface area contributed by atoms with Crippen molar-refractivity contribution in [2.75, 3.05) is 25.0 Å². The minimum Gasteiger partial charge on any atom is -0.367 e. The van der Waals surface area contributed by atoms with Crippen LogP contribution in [0.15, 0.2) is 12.1 Å². The number of hydrogen-bond acceptors (Lipinski definition) is 5. The summed E-state index contributed by atoms with van der Waals surface area (Å²) in [5.41, 5.74) is 0.0748. The molecule has 2 unspecified atom stereocenters. The first-order valence-corrected chi connectivity index (χ1v) is 8.12. The normalized spacial score (nSPS) is 21.1. The molecule has 0 saturated carbocycles. The smallest absolute Gasteiger partial charge is 0.367 e. The van der Waals surface area contributed by atoms with Gasteiger partial charge in [-0.05, 0) is 44.4 Å². The van der Waals surface area contributed by atoms with Crippen LogP contribution in [-0.4, -0.2) is 50.4 Å². The van der Waals surface area contributed by atoms with Gasteiger partial charge in [0.25, 0.3) is 5.82 Å². The monoisotopic (exact) mass is 342 g/mol. The zero-order valence-electron chi connectivity index (χ0n) is 13.7. The second kappa shape index (κ2) is 6.54. The lowest BCUT2D eigenvalue weighted by atomic mass is 9.99. The molecule has 0 amide bonds. The molecule has 1 N–H and O–H groups in total. The van der Waals surface area contributed by atoms with E-state index in [2.05, 4.69) is 39.4 Å². The summed E-state index contributed by atoms with van der Waals surface area (Å²) < 4.78 is 39.4. The van der Waals surface area contributed by atoms with Gasteiger partial charge in [0, 0.05) is 19.1 Å². The highest BCUT2D eigenvalue weighted by Crippen LogP contribution is 2.27. The fourth-order valence-electron chi connectivity index (χ4n) is 3.07. The van der Waals surface area contributed by atoms with E-state index >= 15 is 0 Å². The maximum atomic E-state index is 12.9. The van der Waals surface area contributed by atoms with Crippen molar-refractivity contribution in [1.29, 1.82) is 0 Å². The molecule has 1 fully saturated rings. The summed E-state index contributed by atoms with van der Waals surface area (Å²) in [6.45, 7) is 7.09. The van der Waals surface area contributed by atoms with Crippen LogP contribution < -0.4 is 5.32 Å². The number of hydrogen-bond donors (Lipinski definition) is 1. The molecule has 1 saturated heterocycles. The number of nitrogens with one attached hydrogen (secondary N) is 1. The molecule has 0 aliphatic carbocycles. The molecule has 1 aliphatic heterocycles. The molecular weight excluding hydrogens is 321 g/mol. The second-order valence-corrected chi connectivity index (χ2v) is 6.48. The van der Waals surface area contributed by atoms with Gasteiger partial charge in [0.15, 0.2) is 5.65 Å². The Labute approximate surface area is 138 Å². The molecule has 0 spiro atoms. The van der Waals surface area contributed by atoms with Crippen molar-refractivity contribution in [3.63, 3.8) is 0 Å². The molecule has 6 nitrogen and oxygen atoms in total. The van der Waals surface area contributed by atoms with Crippen molar-refractivity contribution >= 4 is 11.5 Å². The Hall–Kier alpha value is -1.90. The molecule has 2 aromatic rings. The summed E-state index contributed by atoms with van der Waals surface area (Å²) in [5.74, 6) is -0.0502. The fourth-order valence-corrected chi connectivity index (χ4v) is 3.07. The van der Waals surface area contributed by atoms with Gasteiger partial charge in [0.05, 0.1) is 0 Å². The second-order valence-electron chi connectivity index (χ2n) is 6.48. The van der Waals surface area contributed by atoms with Gasteiger partial charge in [0.2, 0.25) is 0 Å². The third-order valence-electron chi connectivity index (χ3n) is 4.41. The molecule has 0 aromatic carbocycles. The lowest BCUT2D eigenvalue weighted by molar-refractivity contribution is -0.146. The topological polar surface area (TPSA) is 58.3 Å². The van der Waals surface area contributed by atoms with E-state index < -0.39 is 12.0 Å². The molecule has 3 heterocycles. The van der Waals surface area contributed by atoms with Gasteiger partial charge in [-0.1, -0.05) is 6.92 Å². The molecule has 0 bridgehead atoms. The summed E-state index contributed by atoms with van der Waals surface area (Å²) >= 11 is 0. The molecule has 2 aromatic heterocycles. The van der Waals surface area contributed by atoms with E-state index in [1.165, 1.54) is 18.9 Å². The average Bonchev–Trinajstić information content (AvgIpc) is 2.96. The van der Waals surface area contributed by atoms with Crippen molar-refractivity contribution in [3.05, 3.63) is 18.0 Å². The first-order chi connectivity index (χ1) is 11.3. The van der Waals surface area contributed by atoms with Crippen molar-refractivity contribution in [1.82, 2.24) is 24.7 Å². The van der Waals surface area contributed by atoms with Gasteiger partial charge in [-0.25, -0.2) is 0 Å². The molecule has 2 atom stereocenters. The summed E-state index contributed by atoms with van der Waals surface area (Å²) in [5, 5.41) is 13.8. The Morgan fingerprint density at radius 1 is 1.33 bits per heavy atom. The predicted octanol–water partition coefficient (Wildman–Crippen LogP) is 2.68. The standard InChI is InChI=1S/C15H21F3N6/c1-10-4-3-7-23(9-10)11(2)8-19-12-5-6-13-20-21-14(15(16,17)18)24(13)22-12/h5-6,10-11H,3-4,7-9H2,1-2H3,(H,19,22). The van der Waals surface area contributed by atoms with Gasteiger partial charge in [-0.2, -0.15) is 17.7 Å². The van der Waals surface area contributed by atoms with E-state index in [0.717, 1.165) is 17.6 Å². The van der Waals surface area contributed by atoms with Gasteiger partial charge in [-0.3, -0.25) is 4.90 Å². The van der Waals surface area contributed by atoms with Crippen LogP contribution in [0, 0.1) is 5.92 Å². The summed E-state index contributed by atoms with van der Waals surface area (Å²) in [6.07, 6.45) is -2.14. The summed E-state index contributed by atoms with van der Waals surface area (Å²) in [4.78, 5) is 2.40. The number of aromatic nitrogens is 4. The van der Waals surface area contributed by atoms with Crippen LogP contribution in [0.5, 0.6) is 0 Å². The predicted molar refractivity (Wildman–Crippen MR) is 83.7 cm³/mol. The quantitative estimate of drug-likeness (QED) is 0.926. The Morgan fingerprint density at radius 3 is 2.83 bits per heavy atom. The van der Waals surface area contributed by atoms with Crippen LogP contribution in [0.3, 0.4) is 0 Å². The van der Waals surface area contributed by atoms with Crippen molar-refractivity contribution < 1.29 is 13.2 Å². The van der Waals surface area contributed by atoms with E-state index in [4.69, 9.17) is 0 Å². The molecule has 0 radical (unpaired) electrons. The number of halogens is 3. The minimum atomic E-state index is -4.58. The first-order valence-electron chi connectivity index (χ1n) is 8.12. The summed E-state index contributed by atoms with van der Waals surface area (Å²) in [7, 11) is 0.